The molecule has 0 saturated carbocycles. The van der Waals surface area contributed by atoms with E-state index in [9.17, 15) is 4.79 Å². The van der Waals surface area contributed by atoms with Gasteiger partial charge in [0.2, 0.25) is 5.91 Å². The Kier molecular flexibility index (Phi) is 5.18. The third kappa shape index (κ3) is 4.38. The smallest absolute Gasteiger partial charge is 0.243 e. The maximum Gasteiger partial charge on any atom is 0.243 e. The second-order valence-corrected chi connectivity index (χ2v) is 5.38. The summed E-state index contributed by atoms with van der Waals surface area (Å²) in [6, 6.07) is 15.6. The summed E-state index contributed by atoms with van der Waals surface area (Å²) in [4.78, 5) is 11.8. The molecule has 0 saturated heterocycles. The van der Waals surface area contributed by atoms with Crippen molar-refractivity contribution < 1.29 is 4.79 Å². The fourth-order valence-electron chi connectivity index (χ4n) is 1.81. The molecule has 0 aromatic heterocycles. The Hall–Kier alpha value is -1.81. The molecule has 0 atom stereocenters. The molecule has 2 rings (SSSR count). The maximum atomic E-state index is 11.8. The number of amides is 1. The van der Waals surface area contributed by atoms with Gasteiger partial charge in [0.25, 0.3) is 0 Å². The van der Waals surface area contributed by atoms with E-state index < -0.39 is 0 Å². The van der Waals surface area contributed by atoms with Crippen LogP contribution in [0.25, 0.3) is 0 Å². The second-order valence-electron chi connectivity index (χ2n) is 4.46. The number of halogens is 1. The molecule has 2 aromatic rings. The quantitative estimate of drug-likeness (QED) is 0.866. The molecule has 0 aliphatic heterocycles. The lowest BCUT2D eigenvalue weighted by atomic mass is 10.1. The van der Waals surface area contributed by atoms with E-state index in [1.54, 1.807) is 0 Å². The largest absolute Gasteiger partial charge is 0.376 e. The van der Waals surface area contributed by atoms with Gasteiger partial charge < -0.3 is 10.6 Å². The number of anilines is 2. The van der Waals surface area contributed by atoms with Crippen LogP contribution in [0.4, 0.5) is 11.4 Å². The molecule has 0 fully saturated rings. The highest BCUT2D eigenvalue weighted by Gasteiger charge is 2.02. The molecular weight excluding hydrogens is 316 g/mol. The third-order valence-electron chi connectivity index (χ3n) is 2.92. The predicted molar refractivity (Wildman–Crippen MR) is 87.1 cm³/mol. The molecular formula is C16H17BrN2O. The Morgan fingerprint density at radius 3 is 2.50 bits per heavy atom. The second kappa shape index (κ2) is 7.10. The van der Waals surface area contributed by atoms with Gasteiger partial charge in [-0.2, -0.15) is 0 Å². The lowest BCUT2D eigenvalue weighted by Gasteiger charge is -2.08. The molecule has 0 aliphatic carbocycles. The molecule has 0 aliphatic rings. The van der Waals surface area contributed by atoms with Crippen LogP contribution in [0.1, 0.15) is 12.5 Å². The molecule has 3 nitrogen and oxygen atoms in total. The topological polar surface area (TPSA) is 41.1 Å². The number of aryl methyl sites for hydroxylation is 1. The van der Waals surface area contributed by atoms with Gasteiger partial charge in [-0.3, -0.25) is 4.79 Å². The van der Waals surface area contributed by atoms with Crippen LogP contribution in [-0.2, 0) is 11.2 Å². The van der Waals surface area contributed by atoms with Crippen molar-refractivity contribution in [3.8, 4) is 0 Å². The van der Waals surface area contributed by atoms with Gasteiger partial charge in [-0.25, -0.2) is 0 Å². The van der Waals surface area contributed by atoms with Crippen molar-refractivity contribution in [2.75, 3.05) is 17.2 Å². The molecule has 4 heteroatoms. The number of nitrogens with one attached hydrogen (secondary N) is 2. The van der Waals surface area contributed by atoms with Crippen LogP contribution in [0.5, 0.6) is 0 Å². The summed E-state index contributed by atoms with van der Waals surface area (Å²) >= 11 is 3.40. The Morgan fingerprint density at radius 1 is 1.10 bits per heavy atom. The summed E-state index contributed by atoms with van der Waals surface area (Å²) in [7, 11) is 0. The highest BCUT2D eigenvalue weighted by atomic mass is 79.9. The highest BCUT2D eigenvalue weighted by molar-refractivity contribution is 9.10. The number of hydrogen-bond acceptors (Lipinski definition) is 2. The first-order chi connectivity index (χ1) is 9.67. The van der Waals surface area contributed by atoms with Crippen molar-refractivity contribution >= 4 is 33.2 Å². The summed E-state index contributed by atoms with van der Waals surface area (Å²) in [5.41, 5.74) is 2.99. The van der Waals surface area contributed by atoms with E-state index in [4.69, 9.17) is 0 Å². The molecule has 0 bridgehead atoms. The zero-order valence-electron chi connectivity index (χ0n) is 11.3. The van der Waals surface area contributed by atoms with Crippen LogP contribution in [0.3, 0.4) is 0 Å². The van der Waals surface area contributed by atoms with E-state index in [-0.39, 0.29) is 12.5 Å². The zero-order valence-corrected chi connectivity index (χ0v) is 12.9. The van der Waals surface area contributed by atoms with Crippen LogP contribution in [0, 0.1) is 0 Å². The van der Waals surface area contributed by atoms with Gasteiger partial charge >= 0.3 is 0 Å². The molecule has 1 amide bonds. The average Bonchev–Trinajstić information content (AvgIpc) is 2.46. The summed E-state index contributed by atoms with van der Waals surface area (Å²) < 4.78 is 0.984. The fourth-order valence-corrected chi connectivity index (χ4v) is 2.21. The van der Waals surface area contributed by atoms with E-state index in [0.29, 0.717) is 0 Å². The number of benzene rings is 2. The van der Waals surface area contributed by atoms with Gasteiger partial charge in [-0.05, 0) is 42.3 Å². The normalized spacial score (nSPS) is 10.1. The summed E-state index contributed by atoms with van der Waals surface area (Å²) in [5, 5.41) is 5.95. The Labute approximate surface area is 127 Å². The summed E-state index contributed by atoms with van der Waals surface area (Å²) in [6.07, 6.45) is 0.999. The van der Waals surface area contributed by atoms with E-state index in [0.717, 1.165) is 22.3 Å². The standard InChI is InChI=1S/C16H17BrN2O/c1-2-12-6-8-14(9-7-12)19-16(20)11-18-15-5-3-4-13(17)10-15/h3-10,18H,2,11H2,1H3,(H,19,20). The van der Waals surface area contributed by atoms with Gasteiger partial charge in [-0.1, -0.05) is 41.1 Å². The molecule has 2 aromatic carbocycles. The van der Waals surface area contributed by atoms with Crippen molar-refractivity contribution in [2.45, 2.75) is 13.3 Å². The number of carbonyl (C=O) groups excluding carboxylic acids is 1. The minimum Gasteiger partial charge on any atom is -0.376 e. The molecule has 2 N–H and O–H groups in total. The SMILES string of the molecule is CCc1ccc(NC(=O)CNc2cccc(Br)c2)cc1. The maximum absolute atomic E-state index is 11.8. The van der Waals surface area contributed by atoms with Crippen molar-refractivity contribution in [3.63, 3.8) is 0 Å². The van der Waals surface area contributed by atoms with Crippen LogP contribution >= 0.6 is 15.9 Å². The first-order valence-electron chi connectivity index (χ1n) is 6.55. The molecule has 0 unspecified atom stereocenters. The molecule has 0 heterocycles. The number of carbonyl (C=O) groups is 1. The Morgan fingerprint density at radius 2 is 1.85 bits per heavy atom. The van der Waals surface area contributed by atoms with Crippen LogP contribution < -0.4 is 10.6 Å². The van der Waals surface area contributed by atoms with Crippen LogP contribution in [0.15, 0.2) is 53.0 Å². The lowest BCUT2D eigenvalue weighted by Crippen LogP contribution is -2.21. The van der Waals surface area contributed by atoms with E-state index in [2.05, 4.69) is 33.5 Å². The predicted octanol–water partition coefficient (Wildman–Crippen LogP) is 4.06. The first kappa shape index (κ1) is 14.6. The van der Waals surface area contributed by atoms with Gasteiger partial charge in [0.1, 0.15) is 0 Å². The zero-order chi connectivity index (χ0) is 14.4. The van der Waals surface area contributed by atoms with E-state index in [1.165, 1.54) is 5.56 Å². The average molecular weight is 333 g/mol. The van der Waals surface area contributed by atoms with Gasteiger partial charge in [0.15, 0.2) is 0 Å². The Bertz CT molecular complexity index is 581. The number of hydrogen-bond donors (Lipinski definition) is 2. The fraction of sp³-hybridized carbons (Fsp3) is 0.188. The molecule has 104 valence electrons. The summed E-state index contributed by atoms with van der Waals surface area (Å²) in [5.74, 6) is -0.0609. The lowest BCUT2D eigenvalue weighted by molar-refractivity contribution is -0.114. The van der Waals surface area contributed by atoms with E-state index in [1.807, 2.05) is 48.5 Å². The van der Waals surface area contributed by atoms with Crippen LogP contribution in [-0.4, -0.2) is 12.5 Å². The van der Waals surface area contributed by atoms with Gasteiger partial charge in [0.05, 0.1) is 6.54 Å². The minimum absolute atomic E-state index is 0.0609. The van der Waals surface area contributed by atoms with Crippen molar-refractivity contribution in [1.29, 1.82) is 0 Å². The summed E-state index contributed by atoms with van der Waals surface area (Å²) in [6.45, 7) is 2.35. The van der Waals surface area contributed by atoms with Crippen molar-refractivity contribution in [2.24, 2.45) is 0 Å². The van der Waals surface area contributed by atoms with Gasteiger partial charge in [-0.15, -0.1) is 0 Å². The Balaban J connectivity index is 1.85. The van der Waals surface area contributed by atoms with Crippen LogP contribution in [0.2, 0.25) is 0 Å². The highest BCUT2D eigenvalue weighted by Crippen LogP contribution is 2.15. The monoisotopic (exact) mass is 332 g/mol. The number of rotatable bonds is 5. The minimum atomic E-state index is -0.0609. The van der Waals surface area contributed by atoms with E-state index >= 15 is 0 Å². The molecule has 0 spiro atoms. The van der Waals surface area contributed by atoms with Gasteiger partial charge in [0, 0.05) is 15.8 Å². The molecule has 20 heavy (non-hydrogen) atoms. The first-order valence-corrected chi connectivity index (χ1v) is 7.35. The third-order valence-corrected chi connectivity index (χ3v) is 3.42. The van der Waals surface area contributed by atoms with Crippen molar-refractivity contribution in [1.82, 2.24) is 0 Å². The molecule has 0 radical (unpaired) electrons. The van der Waals surface area contributed by atoms with Crippen molar-refractivity contribution in [3.05, 3.63) is 58.6 Å².